The van der Waals surface area contributed by atoms with E-state index in [1.165, 1.54) is 5.56 Å². The molecule has 2 nitrogen and oxygen atoms in total. The molecule has 0 heterocycles. The van der Waals surface area contributed by atoms with Gasteiger partial charge in [0.05, 0.1) is 0 Å². The van der Waals surface area contributed by atoms with Gasteiger partial charge in [-0.25, -0.2) is 0 Å². The van der Waals surface area contributed by atoms with Gasteiger partial charge in [0.15, 0.2) is 0 Å². The second-order valence-electron chi connectivity index (χ2n) is 4.09. The molecule has 0 spiro atoms. The van der Waals surface area contributed by atoms with Crippen LogP contribution < -0.4 is 10.1 Å². The molecule has 1 aromatic carbocycles. The Labute approximate surface area is 104 Å². The fraction of sp³-hybridized carbons (Fsp3) is 0.467. The van der Waals surface area contributed by atoms with Crippen molar-refractivity contribution in [3.05, 3.63) is 29.8 Å². The van der Waals surface area contributed by atoms with Crippen LogP contribution in [0.15, 0.2) is 24.3 Å². The van der Waals surface area contributed by atoms with Crippen LogP contribution in [0.25, 0.3) is 0 Å². The first kappa shape index (κ1) is 13.6. The van der Waals surface area contributed by atoms with E-state index in [1.54, 1.807) is 0 Å². The Morgan fingerprint density at radius 2 is 2.00 bits per heavy atom. The second-order valence-corrected chi connectivity index (χ2v) is 4.09. The van der Waals surface area contributed by atoms with Crippen LogP contribution in [0.2, 0.25) is 0 Å². The largest absolute Gasteiger partial charge is 0.481 e. The van der Waals surface area contributed by atoms with E-state index >= 15 is 0 Å². The molecule has 17 heavy (non-hydrogen) atoms. The van der Waals surface area contributed by atoms with E-state index in [0.717, 1.165) is 18.6 Å². The van der Waals surface area contributed by atoms with Crippen molar-refractivity contribution in [2.45, 2.75) is 32.7 Å². The van der Waals surface area contributed by atoms with Gasteiger partial charge in [-0.15, -0.1) is 5.92 Å². The van der Waals surface area contributed by atoms with E-state index in [2.05, 4.69) is 36.2 Å². The van der Waals surface area contributed by atoms with E-state index < -0.39 is 0 Å². The van der Waals surface area contributed by atoms with Crippen LogP contribution in [-0.4, -0.2) is 19.7 Å². The SMILES string of the molecule is CC#CCOc1ccc(CCC(C)NC)cc1. The first-order valence-corrected chi connectivity index (χ1v) is 6.05. The molecule has 0 saturated heterocycles. The molecule has 1 atom stereocenters. The summed E-state index contributed by atoms with van der Waals surface area (Å²) < 4.78 is 5.46. The number of aryl methyl sites for hydroxylation is 1. The lowest BCUT2D eigenvalue weighted by Gasteiger charge is -2.10. The average molecular weight is 231 g/mol. The smallest absolute Gasteiger partial charge is 0.149 e. The van der Waals surface area contributed by atoms with E-state index in [-0.39, 0.29) is 0 Å². The number of benzene rings is 1. The van der Waals surface area contributed by atoms with Gasteiger partial charge in [0.2, 0.25) is 0 Å². The third kappa shape index (κ3) is 5.42. The monoisotopic (exact) mass is 231 g/mol. The summed E-state index contributed by atoms with van der Waals surface area (Å²) in [5.74, 6) is 6.57. The van der Waals surface area contributed by atoms with Gasteiger partial charge in [0.1, 0.15) is 12.4 Å². The van der Waals surface area contributed by atoms with Crippen molar-refractivity contribution >= 4 is 0 Å². The lowest BCUT2D eigenvalue weighted by molar-refractivity contribution is 0.370. The van der Waals surface area contributed by atoms with Gasteiger partial charge in [-0.2, -0.15) is 0 Å². The predicted molar refractivity (Wildman–Crippen MR) is 72.2 cm³/mol. The molecule has 1 aromatic rings. The molecule has 0 aliphatic heterocycles. The van der Waals surface area contributed by atoms with Crippen molar-refractivity contribution < 1.29 is 4.74 Å². The molecular weight excluding hydrogens is 210 g/mol. The van der Waals surface area contributed by atoms with Crippen molar-refractivity contribution in [1.29, 1.82) is 0 Å². The molecule has 0 saturated carbocycles. The standard InChI is InChI=1S/C15H21NO/c1-4-5-12-17-15-10-8-14(9-11-15)7-6-13(2)16-3/h8-11,13,16H,6-7,12H2,1-3H3. The van der Waals surface area contributed by atoms with Gasteiger partial charge < -0.3 is 10.1 Å². The molecule has 0 amide bonds. The van der Waals surface area contributed by atoms with Crippen LogP contribution >= 0.6 is 0 Å². The maximum absolute atomic E-state index is 5.46. The number of rotatable bonds is 6. The molecule has 0 aliphatic rings. The lowest BCUT2D eigenvalue weighted by atomic mass is 10.1. The van der Waals surface area contributed by atoms with Gasteiger partial charge in [-0.3, -0.25) is 0 Å². The van der Waals surface area contributed by atoms with Crippen LogP contribution in [0, 0.1) is 11.8 Å². The minimum absolute atomic E-state index is 0.465. The Morgan fingerprint density at radius 3 is 2.59 bits per heavy atom. The van der Waals surface area contributed by atoms with Gasteiger partial charge in [-0.1, -0.05) is 18.1 Å². The quantitative estimate of drug-likeness (QED) is 0.760. The summed E-state index contributed by atoms with van der Waals surface area (Å²) in [7, 11) is 2.00. The molecule has 1 unspecified atom stereocenters. The summed E-state index contributed by atoms with van der Waals surface area (Å²) in [4.78, 5) is 0. The van der Waals surface area contributed by atoms with Crippen molar-refractivity contribution in [3.8, 4) is 17.6 Å². The van der Waals surface area contributed by atoms with Crippen molar-refractivity contribution in [2.24, 2.45) is 0 Å². The Balaban J connectivity index is 2.40. The predicted octanol–water partition coefficient (Wildman–Crippen LogP) is 2.63. The summed E-state index contributed by atoms with van der Waals surface area (Å²) >= 11 is 0. The highest BCUT2D eigenvalue weighted by molar-refractivity contribution is 5.27. The number of ether oxygens (including phenoxy) is 1. The molecule has 0 bridgehead atoms. The number of hydrogen-bond acceptors (Lipinski definition) is 2. The van der Waals surface area contributed by atoms with Crippen LogP contribution in [0.3, 0.4) is 0 Å². The fourth-order valence-electron chi connectivity index (χ4n) is 1.47. The maximum Gasteiger partial charge on any atom is 0.149 e. The summed E-state index contributed by atoms with van der Waals surface area (Å²) in [5, 5.41) is 3.24. The first-order valence-electron chi connectivity index (χ1n) is 6.05. The topological polar surface area (TPSA) is 21.3 Å². The zero-order valence-electron chi connectivity index (χ0n) is 10.9. The maximum atomic E-state index is 5.46. The molecule has 0 aliphatic carbocycles. The normalized spacial score (nSPS) is 11.5. The second kappa shape index (κ2) is 7.76. The van der Waals surface area contributed by atoms with E-state index in [4.69, 9.17) is 4.74 Å². The Kier molecular flexibility index (Phi) is 6.21. The highest BCUT2D eigenvalue weighted by Gasteiger charge is 1.99. The lowest BCUT2D eigenvalue weighted by Crippen LogP contribution is -2.21. The van der Waals surface area contributed by atoms with Gasteiger partial charge in [0, 0.05) is 6.04 Å². The van der Waals surface area contributed by atoms with Crippen LogP contribution in [-0.2, 0) is 6.42 Å². The summed E-state index contributed by atoms with van der Waals surface area (Å²) in [6.45, 7) is 4.48. The third-order valence-electron chi connectivity index (χ3n) is 2.77. The van der Waals surface area contributed by atoms with Crippen LogP contribution in [0.4, 0.5) is 0 Å². The Hall–Kier alpha value is -1.46. The average Bonchev–Trinajstić information content (AvgIpc) is 2.37. The minimum atomic E-state index is 0.465. The number of hydrogen-bond donors (Lipinski definition) is 1. The van der Waals surface area contributed by atoms with E-state index in [9.17, 15) is 0 Å². The Bertz CT molecular complexity index is 372. The van der Waals surface area contributed by atoms with E-state index in [0.29, 0.717) is 12.6 Å². The Morgan fingerprint density at radius 1 is 1.29 bits per heavy atom. The summed E-state index contributed by atoms with van der Waals surface area (Å²) in [6.07, 6.45) is 2.25. The molecule has 1 rings (SSSR count). The van der Waals surface area contributed by atoms with Crippen molar-refractivity contribution in [2.75, 3.05) is 13.7 Å². The van der Waals surface area contributed by atoms with E-state index in [1.807, 2.05) is 26.1 Å². The first-order chi connectivity index (χ1) is 8.26. The van der Waals surface area contributed by atoms with Crippen molar-refractivity contribution in [1.82, 2.24) is 5.32 Å². The van der Waals surface area contributed by atoms with Gasteiger partial charge in [0.25, 0.3) is 0 Å². The van der Waals surface area contributed by atoms with Gasteiger partial charge >= 0.3 is 0 Å². The van der Waals surface area contributed by atoms with Crippen LogP contribution in [0.1, 0.15) is 25.8 Å². The molecule has 1 N–H and O–H groups in total. The zero-order chi connectivity index (χ0) is 12.5. The molecule has 0 aromatic heterocycles. The number of nitrogens with one attached hydrogen (secondary N) is 1. The minimum Gasteiger partial charge on any atom is -0.481 e. The molecule has 2 heteroatoms. The summed E-state index contributed by atoms with van der Waals surface area (Å²) in [5.41, 5.74) is 1.35. The van der Waals surface area contributed by atoms with Crippen LogP contribution in [0.5, 0.6) is 5.75 Å². The molecule has 0 radical (unpaired) electrons. The highest BCUT2D eigenvalue weighted by atomic mass is 16.5. The van der Waals surface area contributed by atoms with Gasteiger partial charge in [-0.05, 0) is 51.4 Å². The zero-order valence-corrected chi connectivity index (χ0v) is 10.9. The molecule has 92 valence electrons. The van der Waals surface area contributed by atoms with Crippen molar-refractivity contribution in [3.63, 3.8) is 0 Å². The summed E-state index contributed by atoms with van der Waals surface area (Å²) in [6, 6.07) is 8.83. The third-order valence-corrected chi connectivity index (χ3v) is 2.77. The molecular formula is C15H21NO. The molecule has 0 fully saturated rings. The highest BCUT2D eigenvalue weighted by Crippen LogP contribution is 2.13. The fourth-order valence-corrected chi connectivity index (χ4v) is 1.47.